The van der Waals surface area contributed by atoms with E-state index < -0.39 is 0 Å². The molecule has 0 atom stereocenters. The molecule has 1 saturated heterocycles. The molecule has 3 nitrogen and oxygen atoms in total. The third-order valence-electron chi connectivity index (χ3n) is 2.26. The van der Waals surface area contributed by atoms with Gasteiger partial charge in [-0.05, 0) is 11.5 Å². The SMILES string of the molecule is CC1CN(OOCc2ccccc2)C1. The first kappa shape index (κ1) is 9.65. The molecule has 76 valence electrons. The van der Waals surface area contributed by atoms with E-state index in [9.17, 15) is 0 Å². The highest BCUT2D eigenvalue weighted by atomic mass is 17.3. The average molecular weight is 193 g/mol. The highest BCUT2D eigenvalue weighted by Crippen LogP contribution is 2.14. The molecule has 0 spiro atoms. The van der Waals surface area contributed by atoms with Crippen LogP contribution in [0.1, 0.15) is 12.5 Å². The smallest absolute Gasteiger partial charge is 0.109 e. The van der Waals surface area contributed by atoms with Crippen molar-refractivity contribution in [1.82, 2.24) is 5.06 Å². The first-order valence-electron chi connectivity index (χ1n) is 4.93. The molecule has 0 saturated carbocycles. The number of hydrogen-bond donors (Lipinski definition) is 0. The Bertz CT molecular complexity index is 270. The van der Waals surface area contributed by atoms with Gasteiger partial charge in [0.2, 0.25) is 0 Å². The molecular formula is C11H15NO2. The third kappa shape index (κ3) is 2.54. The summed E-state index contributed by atoms with van der Waals surface area (Å²) >= 11 is 0. The van der Waals surface area contributed by atoms with Crippen LogP contribution in [-0.4, -0.2) is 18.2 Å². The lowest BCUT2D eigenvalue weighted by atomic mass is 10.1. The molecule has 0 aliphatic carbocycles. The Morgan fingerprint density at radius 2 is 2.00 bits per heavy atom. The third-order valence-corrected chi connectivity index (χ3v) is 2.26. The zero-order valence-corrected chi connectivity index (χ0v) is 8.35. The molecule has 14 heavy (non-hydrogen) atoms. The zero-order valence-electron chi connectivity index (χ0n) is 8.35. The lowest BCUT2D eigenvalue weighted by molar-refractivity contribution is -0.454. The predicted octanol–water partition coefficient (Wildman–Crippen LogP) is 2.00. The summed E-state index contributed by atoms with van der Waals surface area (Å²) in [4.78, 5) is 10.2. The van der Waals surface area contributed by atoms with Gasteiger partial charge in [0.05, 0.1) is 0 Å². The van der Waals surface area contributed by atoms with Gasteiger partial charge in [-0.3, -0.25) is 0 Å². The number of rotatable bonds is 4. The van der Waals surface area contributed by atoms with E-state index in [-0.39, 0.29) is 0 Å². The van der Waals surface area contributed by atoms with Crippen molar-refractivity contribution < 1.29 is 9.88 Å². The van der Waals surface area contributed by atoms with Gasteiger partial charge in [0.25, 0.3) is 0 Å². The maximum Gasteiger partial charge on any atom is 0.109 e. The van der Waals surface area contributed by atoms with Crippen LogP contribution in [0.15, 0.2) is 30.3 Å². The van der Waals surface area contributed by atoms with Crippen molar-refractivity contribution >= 4 is 0 Å². The Morgan fingerprint density at radius 3 is 2.64 bits per heavy atom. The molecule has 1 aromatic rings. The first-order valence-corrected chi connectivity index (χ1v) is 4.93. The molecular weight excluding hydrogens is 178 g/mol. The van der Waals surface area contributed by atoms with Crippen molar-refractivity contribution in [2.45, 2.75) is 13.5 Å². The van der Waals surface area contributed by atoms with Crippen molar-refractivity contribution in [3.8, 4) is 0 Å². The van der Waals surface area contributed by atoms with E-state index in [1.54, 1.807) is 0 Å². The van der Waals surface area contributed by atoms with Gasteiger partial charge in [0.15, 0.2) is 0 Å². The Hall–Kier alpha value is -0.900. The number of hydroxylamine groups is 2. The predicted molar refractivity (Wildman–Crippen MR) is 53.1 cm³/mol. The molecule has 0 unspecified atom stereocenters. The molecule has 0 N–H and O–H groups in total. The molecule has 0 radical (unpaired) electrons. The molecule has 3 heteroatoms. The van der Waals surface area contributed by atoms with Gasteiger partial charge in [-0.2, -0.15) is 5.06 Å². The second kappa shape index (κ2) is 4.55. The number of hydrogen-bond acceptors (Lipinski definition) is 3. The van der Waals surface area contributed by atoms with Gasteiger partial charge in [0, 0.05) is 13.1 Å². The van der Waals surface area contributed by atoms with Crippen LogP contribution in [0.4, 0.5) is 0 Å². The molecule has 0 amide bonds. The van der Waals surface area contributed by atoms with Gasteiger partial charge in [-0.1, -0.05) is 37.3 Å². The second-order valence-corrected chi connectivity index (χ2v) is 3.77. The fourth-order valence-corrected chi connectivity index (χ4v) is 1.45. The largest absolute Gasteiger partial charge is 0.213 e. The monoisotopic (exact) mass is 193 g/mol. The van der Waals surface area contributed by atoms with E-state index in [0.29, 0.717) is 6.61 Å². The van der Waals surface area contributed by atoms with E-state index in [0.717, 1.165) is 24.6 Å². The lowest BCUT2D eigenvalue weighted by Crippen LogP contribution is -2.44. The van der Waals surface area contributed by atoms with Crippen LogP contribution >= 0.6 is 0 Å². The van der Waals surface area contributed by atoms with Crippen LogP contribution in [0.25, 0.3) is 0 Å². The van der Waals surface area contributed by atoms with Crippen molar-refractivity contribution in [3.05, 3.63) is 35.9 Å². The van der Waals surface area contributed by atoms with Crippen LogP contribution in [0, 0.1) is 5.92 Å². The fraction of sp³-hybridized carbons (Fsp3) is 0.455. The standard InChI is InChI=1S/C11H15NO2/c1-10-7-12(8-10)14-13-9-11-5-3-2-4-6-11/h2-6,10H,7-9H2,1H3. The van der Waals surface area contributed by atoms with E-state index in [1.807, 2.05) is 35.4 Å². The van der Waals surface area contributed by atoms with Crippen molar-refractivity contribution in [3.63, 3.8) is 0 Å². The van der Waals surface area contributed by atoms with E-state index in [2.05, 4.69) is 6.92 Å². The molecule has 1 aliphatic rings. The molecule has 0 aromatic heterocycles. The van der Waals surface area contributed by atoms with Gasteiger partial charge in [0.1, 0.15) is 6.61 Å². The van der Waals surface area contributed by atoms with E-state index in [1.165, 1.54) is 0 Å². The van der Waals surface area contributed by atoms with Crippen molar-refractivity contribution in [2.75, 3.05) is 13.1 Å². The highest BCUT2D eigenvalue weighted by Gasteiger charge is 2.23. The second-order valence-electron chi connectivity index (χ2n) is 3.77. The topological polar surface area (TPSA) is 21.7 Å². The molecule has 1 aliphatic heterocycles. The molecule has 0 bridgehead atoms. The summed E-state index contributed by atoms with van der Waals surface area (Å²) in [5.41, 5.74) is 1.13. The number of nitrogens with zero attached hydrogens (tertiary/aromatic N) is 1. The summed E-state index contributed by atoms with van der Waals surface area (Å²) in [5.74, 6) is 0.732. The Labute approximate surface area is 84.1 Å². The summed E-state index contributed by atoms with van der Waals surface area (Å²) in [7, 11) is 0. The maximum atomic E-state index is 5.10. The van der Waals surface area contributed by atoms with Crippen LogP contribution in [-0.2, 0) is 16.5 Å². The van der Waals surface area contributed by atoms with E-state index >= 15 is 0 Å². The van der Waals surface area contributed by atoms with Gasteiger partial charge in [-0.25, -0.2) is 4.89 Å². The van der Waals surface area contributed by atoms with Crippen molar-refractivity contribution in [2.24, 2.45) is 5.92 Å². The normalized spacial score (nSPS) is 18.1. The average Bonchev–Trinajstić information content (AvgIpc) is 2.17. The lowest BCUT2D eigenvalue weighted by Gasteiger charge is -2.33. The van der Waals surface area contributed by atoms with Gasteiger partial charge < -0.3 is 0 Å². The molecule has 1 heterocycles. The van der Waals surface area contributed by atoms with Crippen molar-refractivity contribution in [1.29, 1.82) is 0 Å². The summed E-state index contributed by atoms with van der Waals surface area (Å²) in [6, 6.07) is 10.0. The molecule has 1 fully saturated rings. The summed E-state index contributed by atoms with van der Waals surface area (Å²) in [6.07, 6.45) is 0. The van der Waals surface area contributed by atoms with E-state index in [4.69, 9.17) is 9.88 Å². The fourth-order valence-electron chi connectivity index (χ4n) is 1.45. The van der Waals surface area contributed by atoms with Crippen LogP contribution in [0.2, 0.25) is 0 Å². The minimum Gasteiger partial charge on any atom is -0.213 e. The summed E-state index contributed by atoms with van der Waals surface area (Å²) in [5, 5.41) is 1.83. The summed E-state index contributed by atoms with van der Waals surface area (Å²) in [6.45, 7) is 4.63. The molecule has 2 rings (SSSR count). The zero-order chi connectivity index (χ0) is 9.80. The summed E-state index contributed by atoms with van der Waals surface area (Å²) < 4.78 is 0. The maximum absolute atomic E-state index is 5.10. The Balaban J connectivity index is 1.64. The first-order chi connectivity index (χ1) is 6.84. The van der Waals surface area contributed by atoms with Crippen LogP contribution < -0.4 is 0 Å². The number of benzene rings is 1. The van der Waals surface area contributed by atoms with Gasteiger partial charge in [-0.15, -0.1) is 4.99 Å². The highest BCUT2D eigenvalue weighted by molar-refractivity contribution is 5.13. The minimum atomic E-state index is 0.506. The minimum absolute atomic E-state index is 0.506. The van der Waals surface area contributed by atoms with Crippen LogP contribution in [0.3, 0.4) is 0 Å². The quantitative estimate of drug-likeness (QED) is 0.539. The molecule has 1 aromatic carbocycles. The van der Waals surface area contributed by atoms with Gasteiger partial charge >= 0.3 is 0 Å². The Kier molecular flexibility index (Phi) is 3.14. The Morgan fingerprint density at radius 1 is 1.29 bits per heavy atom. The van der Waals surface area contributed by atoms with Crippen LogP contribution in [0.5, 0.6) is 0 Å².